The Labute approximate surface area is 130 Å². The topological polar surface area (TPSA) is 25.2 Å². The number of halogens is 1. The Kier molecular flexibility index (Phi) is 5.30. The second kappa shape index (κ2) is 6.79. The van der Waals surface area contributed by atoms with Gasteiger partial charge in [0.1, 0.15) is 5.69 Å². The van der Waals surface area contributed by atoms with Gasteiger partial charge >= 0.3 is 0 Å². The van der Waals surface area contributed by atoms with Crippen LogP contribution in [0.2, 0.25) is 0 Å². The maximum Gasteiger partial charge on any atom is 0.270 e. The van der Waals surface area contributed by atoms with Gasteiger partial charge in [-0.15, -0.1) is 0 Å². The second-order valence-corrected chi connectivity index (χ2v) is 7.02. The third-order valence-electron chi connectivity index (χ3n) is 4.28. The molecule has 0 aliphatic heterocycles. The molecular formula is C16H25BrN2O. The summed E-state index contributed by atoms with van der Waals surface area (Å²) < 4.78 is 3.03. The Morgan fingerprint density at radius 3 is 2.45 bits per heavy atom. The average molecular weight is 341 g/mol. The van der Waals surface area contributed by atoms with E-state index in [2.05, 4.69) is 34.3 Å². The SMILES string of the molecule is CC(C)n1cc(Br)cc1C(=O)N(C)C1CCCCCC1. The molecule has 20 heavy (non-hydrogen) atoms. The highest BCUT2D eigenvalue weighted by atomic mass is 79.9. The van der Waals surface area contributed by atoms with Crippen LogP contribution in [-0.4, -0.2) is 28.5 Å². The lowest BCUT2D eigenvalue weighted by atomic mass is 10.1. The fourth-order valence-corrected chi connectivity index (χ4v) is 3.47. The van der Waals surface area contributed by atoms with Crippen molar-refractivity contribution in [1.29, 1.82) is 0 Å². The van der Waals surface area contributed by atoms with E-state index in [9.17, 15) is 4.79 Å². The molecule has 0 spiro atoms. The summed E-state index contributed by atoms with van der Waals surface area (Å²) in [6.07, 6.45) is 9.41. The van der Waals surface area contributed by atoms with Gasteiger partial charge in [0.2, 0.25) is 0 Å². The van der Waals surface area contributed by atoms with E-state index < -0.39 is 0 Å². The van der Waals surface area contributed by atoms with Crippen molar-refractivity contribution in [3.8, 4) is 0 Å². The zero-order chi connectivity index (χ0) is 14.7. The Hall–Kier alpha value is -0.770. The van der Waals surface area contributed by atoms with Crippen molar-refractivity contribution in [3.05, 3.63) is 22.4 Å². The third kappa shape index (κ3) is 3.46. The smallest absolute Gasteiger partial charge is 0.270 e. The van der Waals surface area contributed by atoms with Gasteiger partial charge in [-0.2, -0.15) is 0 Å². The van der Waals surface area contributed by atoms with Crippen molar-refractivity contribution < 1.29 is 4.79 Å². The summed E-state index contributed by atoms with van der Waals surface area (Å²) in [4.78, 5) is 14.7. The van der Waals surface area contributed by atoms with Gasteiger partial charge in [-0.1, -0.05) is 25.7 Å². The molecule has 1 fully saturated rings. The van der Waals surface area contributed by atoms with Crippen molar-refractivity contribution in [3.63, 3.8) is 0 Å². The molecule has 1 heterocycles. The highest BCUT2D eigenvalue weighted by Gasteiger charge is 2.25. The molecule has 1 saturated carbocycles. The van der Waals surface area contributed by atoms with E-state index in [4.69, 9.17) is 0 Å². The lowest BCUT2D eigenvalue weighted by Gasteiger charge is -2.28. The Morgan fingerprint density at radius 2 is 1.90 bits per heavy atom. The van der Waals surface area contributed by atoms with Gasteiger partial charge < -0.3 is 9.47 Å². The Balaban J connectivity index is 2.17. The fraction of sp³-hybridized carbons (Fsp3) is 0.688. The second-order valence-electron chi connectivity index (χ2n) is 6.11. The summed E-state index contributed by atoms with van der Waals surface area (Å²) >= 11 is 3.49. The minimum atomic E-state index is 0.149. The van der Waals surface area contributed by atoms with E-state index in [1.807, 2.05) is 24.2 Å². The molecule has 1 aliphatic rings. The van der Waals surface area contributed by atoms with E-state index in [-0.39, 0.29) is 5.91 Å². The van der Waals surface area contributed by atoms with Crippen LogP contribution in [-0.2, 0) is 0 Å². The standard InChI is InChI=1S/C16H25BrN2O/c1-12(2)19-11-13(17)10-15(19)16(20)18(3)14-8-6-4-5-7-9-14/h10-12,14H,4-9H2,1-3H3. The molecule has 4 heteroatoms. The molecule has 2 rings (SSSR count). The van der Waals surface area contributed by atoms with Gasteiger partial charge in [0.05, 0.1) is 0 Å². The molecule has 0 unspecified atom stereocenters. The van der Waals surface area contributed by atoms with Crippen molar-refractivity contribution in [2.45, 2.75) is 64.5 Å². The van der Waals surface area contributed by atoms with Crippen LogP contribution in [0, 0.1) is 0 Å². The number of aromatic nitrogens is 1. The third-order valence-corrected chi connectivity index (χ3v) is 4.72. The molecule has 0 saturated heterocycles. The molecule has 0 N–H and O–H groups in total. The first-order valence-electron chi connectivity index (χ1n) is 7.65. The average Bonchev–Trinajstić information content (AvgIpc) is 2.64. The molecule has 0 aromatic carbocycles. The minimum absolute atomic E-state index is 0.149. The first-order chi connectivity index (χ1) is 9.50. The van der Waals surface area contributed by atoms with Crippen LogP contribution >= 0.6 is 15.9 Å². The molecule has 1 aliphatic carbocycles. The number of nitrogens with zero attached hydrogens (tertiary/aromatic N) is 2. The Morgan fingerprint density at radius 1 is 1.30 bits per heavy atom. The number of hydrogen-bond acceptors (Lipinski definition) is 1. The number of hydrogen-bond donors (Lipinski definition) is 0. The highest BCUT2D eigenvalue weighted by Crippen LogP contribution is 2.25. The maximum absolute atomic E-state index is 12.8. The van der Waals surface area contributed by atoms with Crippen LogP contribution in [0.5, 0.6) is 0 Å². The zero-order valence-corrected chi connectivity index (χ0v) is 14.3. The number of carbonyl (C=O) groups excluding carboxylic acids is 1. The molecule has 0 radical (unpaired) electrons. The highest BCUT2D eigenvalue weighted by molar-refractivity contribution is 9.10. The van der Waals surface area contributed by atoms with E-state index in [0.29, 0.717) is 12.1 Å². The molecule has 3 nitrogen and oxygen atoms in total. The van der Waals surface area contributed by atoms with Gasteiger partial charge in [-0.05, 0) is 48.7 Å². The van der Waals surface area contributed by atoms with E-state index >= 15 is 0 Å². The lowest BCUT2D eigenvalue weighted by Crippen LogP contribution is -2.37. The lowest BCUT2D eigenvalue weighted by molar-refractivity contribution is 0.0705. The summed E-state index contributed by atoms with van der Waals surface area (Å²) in [5.41, 5.74) is 0.790. The number of amides is 1. The van der Waals surface area contributed by atoms with Gasteiger partial charge in [-0.25, -0.2) is 0 Å². The monoisotopic (exact) mass is 340 g/mol. The summed E-state index contributed by atoms with van der Waals surface area (Å²) in [6, 6.07) is 2.64. The van der Waals surface area contributed by atoms with Gasteiger partial charge in [-0.3, -0.25) is 4.79 Å². The van der Waals surface area contributed by atoms with E-state index in [0.717, 1.165) is 23.0 Å². The summed E-state index contributed by atoms with van der Waals surface area (Å²) in [5.74, 6) is 0.149. The maximum atomic E-state index is 12.8. The zero-order valence-electron chi connectivity index (χ0n) is 12.7. The predicted octanol–water partition coefficient (Wildman–Crippen LogP) is 4.63. The van der Waals surface area contributed by atoms with Gasteiger partial charge in [0.25, 0.3) is 5.91 Å². The van der Waals surface area contributed by atoms with Crippen LogP contribution in [0.4, 0.5) is 0 Å². The van der Waals surface area contributed by atoms with Gasteiger partial charge in [0.15, 0.2) is 0 Å². The summed E-state index contributed by atoms with van der Waals surface area (Å²) in [7, 11) is 1.96. The molecular weight excluding hydrogens is 316 g/mol. The number of carbonyl (C=O) groups is 1. The number of rotatable bonds is 3. The molecule has 1 aromatic heterocycles. The summed E-state index contributed by atoms with van der Waals surface area (Å²) in [6.45, 7) is 4.21. The van der Waals surface area contributed by atoms with E-state index in [1.54, 1.807) is 0 Å². The van der Waals surface area contributed by atoms with Gasteiger partial charge in [0, 0.05) is 29.8 Å². The molecule has 0 bridgehead atoms. The quantitative estimate of drug-likeness (QED) is 0.736. The molecule has 0 atom stereocenters. The molecule has 112 valence electrons. The van der Waals surface area contributed by atoms with Crippen molar-refractivity contribution in [1.82, 2.24) is 9.47 Å². The predicted molar refractivity (Wildman–Crippen MR) is 86.1 cm³/mol. The van der Waals surface area contributed by atoms with E-state index in [1.165, 1.54) is 25.7 Å². The van der Waals surface area contributed by atoms with Crippen molar-refractivity contribution in [2.75, 3.05) is 7.05 Å². The molecule has 1 aromatic rings. The van der Waals surface area contributed by atoms with Crippen LogP contribution in [0.1, 0.15) is 68.9 Å². The van der Waals surface area contributed by atoms with Crippen molar-refractivity contribution >= 4 is 21.8 Å². The first-order valence-corrected chi connectivity index (χ1v) is 8.44. The fourth-order valence-electron chi connectivity index (χ4n) is 3.04. The van der Waals surface area contributed by atoms with Crippen LogP contribution < -0.4 is 0 Å². The first kappa shape index (κ1) is 15.6. The Bertz CT molecular complexity index is 459. The minimum Gasteiger partial charge on any atom is -0.340 e. The molecule has 1 amide bonds. The largest absolute Gasteiger partial charge is 0.340 e. The van der Waals surface area contributed by atoms with Crippen molar-refractivity contribution in [2.24, 2.45) is 0 Å². The normalized spacial score (nSPS) is 17.2. The summed E-state index contributed by atoms with van der Waals surface area (Å²) in [5, 5.41) is 0. The van der Waals surface area contributed by atoms with Crippen LogP contribution in [0.15, 0.2) is 16.7 Å². The van der Waals surface area contributed by atoms with Crippen LogP contribution in [0.25, 0.3) is 0 Å². The van der Waals surface area contributed by atoms with Crippen LogP contribution in [0.3, 0.4) is 0 Å².